The van der Waals surface area contributed by atoms with Gasteiger partial charge in [0.1, 0.15) is 11.8 Å². The van der Waals surface area contributed by atoms with E-state index in [0.29, 0.717) is 15.7 Å². The Kier molecular flexibility index (Phi) is 5.28. The van der Waals surface area contributed by atoms with E-state index >= 15 is 0 Å². The highest BCUT2D eigenvalue weighted by Gasteiger charge is 2.14. The standard InChI is InChI=1S/C17H12Cl2N2O2/c1-10(22)14(9-20)17(23)21-16-6-5-12(8-15(16)19)11-3-2-4-13(18)7-11/h2-8,22H,1H3,(H,21,23)/b14-10-. The third-order valence-corrected chi connectivity index (χ3v) is 3.62. The van der Waals surface area contributed by atoms with Gasteiger partial charge in [0, 0.05) is 5.02 Å². The fraction of sp³-hybridized carbons (Fsp3) is 0.0588. The van der Waals surface area contributed by atoms with Crippen LogP contribution in [-0.2, 0) is 4.79 Å². The minimum Gasteiger partial charge on any atom is -0.511 e. The maximum Gasteiger partial charge on any atom is 0.269 e. The molecule has 0 aliphatic rings. The summed E-state index contributed by atoms with van der Waals surface area (Å²) in [6.07, 6.45) is 0. The van der Waals surface area contributed by atoms with E-state index in [0.717, 1.165) is 11.1 Å². The number of amides is 1. The molecule has 0 heterocycles. The van der Waals surface area contributed by atoms with E-state index in [2.05, 4.69) is 5.32 Å². The molecule has 0 saturated heterocycles. The zero-order valence-electron chi connectivity index (χ0n) is 12.1. The molecule has 1 amide bonds. The predicted octanol–water partition coefficient (Wildman–Crippen LogP) is 4.95. The van der Waals surface area contributed by atoms with Gasteiger partial charge >= 0.3 is 0 Å². The van der Waals surface area contributed by atoms with Gasteiger partial charge in [0.15, 0.2) is 5.57 Å². The molecular formula is C17H12Cl2N2O2. The number of hydrogen-bond acceptors (Lipinski definition) is 3. The van der Waals surface area contributed by atoms with Crippen molar-refractivity contribution >= 4 is 34.8 Å². The zero-order valence-corrected chi connectivity index (χ0v) is 13.6. The van der Waals surface area contributed by atoms with Crippen molar-refractivity contribution in [2.24, 2.45) is 0 Å². The van der Waals surface area contributed by atoms with E-state index in [1.807, 2.05) is 12.1 Å². The number of rotatable bonds is 3. The van der Waals surface area contributed by atoms with Crippen LogP contribution >= 0.6 is 23.2 Å². The van der Waals surface area contributed by atoms with Gasteiger partial charge in [-0.15, -0.1) is 0 Å². The highest BCUT2D eigenvalue weighted by molar-refractivity contribution is 6.34. The van der Waals surface area contributed by atoms with Gasteiger partial charge in [-0.2, -0.15) is 5.26 Å². The number of carbonyl (C=O) groups is 1. The van der Waals surface area contributed by atoms with Crippen molar-refractivity contribution < 1.29 is 9.90 Å². The van der Waals surface area contributed by atoms with E-state index in [9.17, 15) is 9.90 Å². The average Bonchev–Trinajstić information content (AvgIpc) is 2.49. The number of benzene rings is 2. The Labute approximate surface area is 143 Å². The summed E-state index contributed by atoms with van der Waals surface area (Å²) in [5.41, 5.74) is 1.71. The molecule has 0 aliphatic heterocycles. The van der Waals surface area contributed by atoms with Crippen LogP contribution < -0.4 is 5.32 Å². The fourth-order valence-corrected chi connectivity index (χ4v) is 2.36. The first kappa shape index (κ1) is 16.9. The molecule has 0 bridgehead atoms. The number of aliphatic hydroxyl groups excluding tert-OH is 1. The maximum absolute atomic E-state index is 11.9. The topological polar surface area (TPSA) is 73.1 Å². The number of nitrogens with zero attached hydrogens (tertiary/aromatic N) is 1. The first-order chi connectivity index (χ1) is 10.9. The summed E-state index contributed by atoms with van der Waals surface area (Å²) in [7, 11) is 0. The quantitative estimate of drug-likeness (QED) is 0.468. The lowest BCUT2D eigenvalue weighted by atomic mass is 10.1. The van der Waals surface area contributed by atoms with Crippen molar-refractivity contribution in [3.05, 3.63) is 63.8 Å². The molecule has 0 unspecified atom stereocenters. The van der Waals surface area contributed by atoms with Gasteiger partial charge in [-0.05, 0) is 42.3 Å². The molecule has 116 valence electrons. The van der Waals surface area contributed by atoms with Crippen LogP contribution in [0, 0.1) is 11.3 Å². The van der Waals surface area contributed by atoms with Crippen LogP contribution in [0.5, 0.6) is 0 Å². The molecule has 2 N–H and O–H groups in total. The number of aliphatic hydroxyl groups is 1. The molecule has 4 nitrogen and oxygen atoms in total. The minimum atomic E-state index is -0.718. The summed E-state index contributed by atoms with van der Waals surface area (Å²) in [5.74, 6) is -1.07. The highest BCUT2D eigenvalue weighted by Crippen LogP contribution is 2.30. The number of nitriles is 1. The average molecular weight is 347 g/mol. The Morgan fingerprint density at radius 2 is 1.87 bits per heavy atom. The summed E-state index contributed by atoms with van der Waals surface area (Å²) in [6.45, 7) is 1.27. The molecule has 0 saturated carbocycles. The lowest BCUT2D eigenvalue weighted by molar-refractivity contribution is -0.112. The van der Waals surface area contributed by atoms with Crippen molar-refractivity contribution in [1.82, 2.24) is 0 Å². The van der Waals surface area contributed by atoms with Crippen LogP contribution in [0.25, 0.3) is 11.1 Å². The van der Waals surface area contributed by atoms with Gasteiger partial charge in [0.2, 0.25) is 0 Å². The SMILES string of the molecule is C/C(O)=C(\C#N)C(=O)Nc1ccc(-c2cccc(Cl)c2)cc1Cl. The third kappa shape index (κ3) is 4.04. The van der Waals surface area contributed by atoms with E-state index in [4.69, 9.17) is 28.5 Å². The van der Waals surface area contributed by atoms with Crippen molar-refractivity contribution in [2.75, 3.05) is 5.32 Å². The second-order valence-corrected chi connectivity index (χ2v) is 5.57. The van der Waals surface area contributed by atoms with Crippen LogP contribution in [0.2, 0.25) is 10.0 Å². The Morgan fingerprint density at radius 1 is 1.17 bits per heavy atom. The van der Waals surface area contributed by atoms with Crippen molar-refractivity contribution in [3.63, 3.8) is 0 Å². The van der Waals surface area contributed by atoms with Gasteiger partial charge in [0.25, 0.3) is 5.91 Å². The van der Waals surface area contributed by atoms with E-state index in [-0.39, 0.29) is 11.3 Å². The minimum absolute atomic E-state index is 0.309. The molecular weight excluding hydrogens is 335 g/mol. The number of anilines is 1. The smallest absolute Gasteiger partial charge is 0.269 e. The van der Waals surface area contributed by atoms with E-state index in [1.165, 1.54) is 6.92 Å². The molecule has 0 aliphatic carbocycles. The number of hydrogen-bond donors (Lipinski definition) is 2. The zero-order chi connectivity index (χ0) is 17.0. The summed E-state index contributed by atoms with van der Waals surface area (Å²) < 4.78 is 0. The Hall–Kier alpha value is -2.48. The van der Waals surface area contributed by atoms with Gasteiger partial charge in [-0.3, -0.25) is 4.79 Å². The monoisotopic (exact) mass is 346 g/mol. The molecule has 0 fully saturated rings. The molecule has 0 spiro atoms. The van der Waals surface area contributed by atoms with Crippen molar-refractivity contribution in [2.45, 2.75) is 6.92 Å². The first-order valence-corrected chi connectivity index (χ1v) is 7.34. The lowest BCUT2D eigenvalue weighted by Gasteiger charge is -2.09. The van der Waals surface area contributed by atoms with Crippen LogP contribution in [0.3, 0.4) is 0 Å². The summed E-state index contributed by atoms with van der Waals surface area (Å²) in [6, 6.07) is 14.0. The number of nitrogens with one attached hydrogen (secondary N) is 1. The lowest BCUT2D eigenvalue weighted by Crippen LogP contribution is -2.15. The largest absolute Gasteiger partial charge is 0.511 e. The summed E-state index contributed by atoms with van der Waals surface area (Å²) in [4.78, 5) is 11.9. The van der Waals surface area contributed by atoms with Crippen molar-refractivity contribution in [3.8, 4) is 17.2 Å². The third-order valence-electron chi connectivity index (χ3n) is 3.08. The molecule has 0 atom stereocenters. The predicted molar refractivity (Wildman–Crippen MR) is 91.5 cm³/mol. The molecule has 6 heteroatoms. The summed E-state index contributed by atoms with van der Waals surface area (Å²) >= 11 is 12.1. The van der Waals surface area contributed by atoms with Crippen LogP contribution in [0.1, 0.15) is 6.92 Å². The van der Waals surface area contributed by atoms with Crippen LogP contribution in [0.4, 0.5) is 5.69 Å². The van der Waals surface area contributed by atoms with Gasteiger partial charge < -0.3 is 10.4 Å². The van der Waals surface area contributed by atoms with Gasteiger partial charge in [-0.1, -0.05) is 41.4 Å². The normalized spacial score (nSPS) is 11.4. The molecule has 2 aromatic rings. The second kappa shape index (κ2) is 7.19. The first-order valence-electron chi connectivity index (χ1n) is 6.59. The fourth-order valence-electron chi connectivity index (χ4n) is 1.94. The Bertz CT molecular complexity index is 835. The number of carbonyl (C=O) groups excluding carboxylic acids is 1. The Balaban J connectivity index is 2.29. The number of halogens is 2. The highest BCUT2D eigenvalue weighted by atomic mass is 35.5. The van der Waals surface area contributed by atoms with Crippen molar-refractivity contribution in [1.29, 1.82) is 5.26 Å². The maximum atomic E-state index is 11.9. The molecule has 2 rings (SSSR count). The molecule has 0 aromatic heterocycles. The van der Waals surface area contributed by atoms with Gasteiger partial charge in [-0.25, -0.2) is 0 Å². The van der Waals surface area contributed by atoms with E-state index < -0.39 is 5.91 Å². The van der Waals surface area contributed by atoms with Gasteiger partial charge in [0.05, 0.1) is 10.7 Å². The summed E-state index contributed by atoms with van der Waals surface area (Å²) in [5, 5.41) is 21.6. The molecule has 23 heavy (non-hydrogen) atoms. The van der Waals surface area contributed by atoms with E-state index in [1.54, 1.807) is 36.4 Å². The van der Waals surface area contributed by atoms with Crippen LogP contribution in [-0.4, -0.2) is 11.0 Å². The molecule has 0 radical (unpaired) electrons. The second-order valence-electron chi connectivity index (χ2n) is 4.73. The number of allylic oxidation sites excluding steroid dienone is 1. The molecule has 2 aromatic carbocycles. The Morgan fingerprint density at radius 3 is 2.43 bits per heavy atom. The van der Waals surface area contributed by atoms with Crippen LogP contribution in [0.15, 0.2) is 53.8 Å².